The number of aliphatic carboxylic acids is 1. The lowest BCUT2D eigenvalue weighted by Crippen LogP contribution is -2.38. The van der Waals surface area contributed by atoms with Gasteiger partial charge in [0, 0.05) is 4.90 Å². The Morgan fingerprint density at radius 3 is 2.60 bits per heavy atom. The summed E-state index contributed by atoms with van der Waals surface area (Å²) in [5.41, 5.74) is 0.0181. The Hall–Kier alpha value is -1.88. The van der Waals surface area contributed by atoms with Crippen LogP contribution in [0.5, 0.6) is 0 Å². The predicted octanol–water partition coefficient (Wildman–Crippen LogP) is 2.73. The first kappa shape index (κ1) is 16.2. The molecule has 1 N–H and O–H groups in total. The average Bonchev–Trinajstić information content (AvgIpc) is 2.34. The zero-order valence-electron chi connectivity index (χ0n) is 10.4. The summed E-state index contributed by atoms with van der Waals surface area (Å²) in [6.45, 7) is -2.25. The van der Waals surface area contributed by atoms with Crippen molar-refractivity contribution in [1.82, 2.24) is 0 Å². The molecule has 4 nitrogen and oxygen atoms in total. The Morgan fingerprint density at radius 1 is 1.50 bits per heavy atom. The minimum Gasteiger partial charge on any atom is -0.480 e. The van der Waals surface area contributed by atoms with Crippen molar-refractivity contribution in [3.8, 4) is 6.07 Å². The Labute approximate surface area is 117 Å². The third-order valence-electron chi connectivity index (χ3n) is 2.37. The van der Waals surface area contributed by atoms with E-state index in [4.69, 9.17) is 10.4 Å². The van der Waals surface area contributed by atoms with Gasteiger partial charge in [-0.3, -0.25) is 4.79 Å². The first-order valence-corrected chi connectivity index (χ1v) is 6.61. The summed E-state index contributed by atoms with van der Waals surface area (Å²) in [6, 6.07) is 6.23. The minimum atomic E-state index is -4.56. The van der Waals surface area contributed by atoms with Crippen molar-refractivity contribution in [2.75, 3.05) is 24.2 Å². The van der Waals surface area contributed by atoms with Gasteiger partial charge < -0.3 is 10.0 Å². The lowest BCUT2D eigenvalue weighted by Gasteiger charge is -2.25. The van der Waals surface area contributed by atoms with E-state index in [1.165, 1.54) is 23.9 Å². The van der Waals surface area contributed by atoms with E-state index >= 15 is 0 Å². The number of alkyl halides is 3. The summed E-state index contributed by atoms with van der Waals surface area (Å²) in [5.74, 6) is -1.40. The number of hydrogen-bond donors (Lipinski definition) is 1. The highest BCUT2D eigenvalue weighted by molar-refractivity contribution is 7.98. The topological polar surface area (TPSA) is 64.3 Å². The molecule has 0 fully saturated rings. The number of benzene rings is 1. The number of carboxylic acid groups (broad SMARTS) is 1. The normalized spacial score (nSPS) is 10.9. The predicted molar refractivity (Wildman–Crippen MR) is 68.8 cm³/mol. The second-order valence-corrected chi connectivity index (χ2v) is 4.68. The van der Waals surface area contributed by atoms with Crippen LogP contribution < -0.4 is 4.90 Å². The van der Waals surface area contributed by atoms with Crippen LogP contribution >= 0.6 is 11.8 Å². The Kier molecular flexibility index (Phi) is 5.27. The molecule has 20 heavy (non-hydrogen) atoms. The second-order valence-electron chi connectivity index (χ2n) is 3.83. The van der Waals surface area contributed by atoms with Gasteiger partial charge >= 0.3 is 12.1 Å². The van der Waals surface area contributed by atoms with Crippen molar-refractivity contribution in [3.63, 3.8) is 0 Å². The van der Waals surface area contributed by atoms with Gasteiger partial charge in [-0.2, -0.15) is 18.4 Å². The average molecular weight is 304 g/mol. The van der Waals surface area contributed by atoms with Gasteiger partial charge in [0.05, 0.1) is 11.3 Å². The molecular formula is C12H11F3N2O2S. The van der Waals surface area contributed by atoms with Crippen molar-refractivity contribution in [1.29, 1.82) is 5.26 Å². The molecule has 1 aromatic carbocycles. The molecule has 0 aliphatic carbocycles. The van der Waals surface area contributed by atoms with E-state index in [2.05, 4.69) is 0 Å². The van der Waals surface area contributed by atoms with Gasteiger partial charge in [-0.25, -0.2) is 0 Å². The fourth-order valence-corrected chi connectivity index (χ4v) is 2.24. The number of halogens is 3. The fourth-order valence-electron chi connectivity index (χ4n) is 1.67. The summed E-state index contributed by atoms with van der Waals surface area (Å²) in [4.78, 5) is 11.9. The molecule has 0 aromatic heterocycles. The number of carboxylic acids is 1. The van der Waals surface area contributed by atoms with Crippen LogP contribution in [0.2, 0.25) is 0 Å². The molecule has 0 aliphatic heterocycles. The monoisotopic (exact) mass is 304 g/mol. The molecule has 0 unspecified atom stereocenters. The molecule has 1 aromatic rings. The van der Waals surface area contributed by atoms with E-state index in [1.54, 1.807) is 12.3 Å². The number of nitrogens with zero attached hydrogens (tertiary/aromatic N) is 2. The third kappa shape index (κ3) is 4.35. The van der Waals surface area contributed by atoms with Gasteiger partial charge in [-0.15, -0.1) is 11.8 Å². The Bertz CT molecular complexity index is 540. The molecule has 0 amide bonds. The van der Waals surface area contributed by atoms with Gasteiger partial charge in [-0.1, -0.05) is 6.07 Å². The first-order chi connectivity index (χ1) is 9.28. The van der Waals surface area contributed by atoms with Gasteiger partial charge in [0.25, 0.3) is 0 Å². The van der Waals surface area contributed by atoms with Crippen LogP contribution in [0, 0.1) is 11.3 Å². The van der Waals surface area contributed by atoms with E-state index in [9.17, 15) is 18.0 Å². The standard InChI is InChI=1S/C12H11F3N2O2S/c1-20-10-4-2-3-9(8(10)5-16)17(6-11(18)19)7-12(13,14)15/h2-4H,6-7H2,1H3,(H,18,19). The maximum atomic E-state index is 12.5. The van der Waals surface area contributed by atoms with Gasteiger partial charge in [0.1, 0.15) is 19.2 Å². The van der Waals surface area contributed by atoms with Crippen LogP contribution in [0.3, 0.4) is 0 Å². The maximum absolute atomic E-state index is 12.5. The number of nitriles is 1. The van der Waals surface area contributed by atoms with Gasteiger partial charge in [0.2, 0.25) is 0 Å². The van der Waals surface area contributed by atoms with Gasteiger partial charge in [0.15, 0.2) is 0 Å². The summed E-state index contributed by atoms with van der Waals surface area (Å²) < 4.78 is 37.6. The number of rotatable bonds is 5. The van der Waals surface area contributed by atoms with Gasteiger partial charge in [-0.05, 0) is 18.4 Å². The second kappa shape index (κ2) is 6.52. The summed E-state index contributed by atoms with van der Waals surface area (Å²) in [7, 11) is 0. The SMILES string of the molecule is CSc1cccc(N(CC(=O)O)CC(F)(F)F)c1C#N. The smallest absolute Gasteiger partial charge is 0.405 e. The highest BCUT2D eigenvalue weighted by Crippen LogP contribution is 2.30. The number of thioether (sulfide) groups is 1. The first-order valence-electron chi connectivity index (χ1n) is 5.39. The maximum Gasteiger partial charge on any atom is 0.405 e. The fraction of sp³-hybridized carbons (Fsp3) is 0.333. The molecule has 0 heterocycles. The van der Waals surface area contributed by atoms with E-state index in [-0.39, 0.29) is 11.3 Å². The van der Waals surface area contributed by atoms with Crippen LogP contribution in [0.4, 0.5) is 18.9 Å². The Morgan fingerprint density at radius 2 is 2.15 bits per heavy atom. The van der Waals surface area contributed by atoms with Crippen LogP contribution in [0.25, 0.3) is 0 Å². The highest BCUT2D eigenvalue weighted by Gasteiger charge is 2.32. The molecule has 0 saturated heterocycles. The summed E-state index contributed by atoms with van der Waals surface area (Å²) >= 11 is 1.21. The van der Waals surface area contributed by atoms with Crippen molar-refractivity contribution >= 4 is 23.4 Å². The lowest BCUT2D eigenvalue weighted by atomic mass is 10.1. The van der Waals surface area contributed by atoms with Crippen LogP contribution in [0.1, 0.15) is 5.56 Å². The quantitative estimate of drug-likeness (QED) is 0.847. The van der Waals surface area contributed by atoms with Crippen molar-refractivity contribution < 1.29 is 23.1 Å². The van der Waals surface area contributed by atoms with Crippen LogP contribution in [-0.4, -0.2) is 36.6 Å². The molecule has 1 rings (SSSR count). The number of anilines is 1. The van der Waals surface area contributed by atoms with Crippen LogP contribution in [-0.2, 0) is 4.79 Å². The lowest BCUT2D eigenvalue weighted by molar-refractivity contribution is -0.136. The molecule has 0 atom stereocenters. The van der Waals surface area contributed by atoms with E-state index in [0.29, 0.717) is 9.80 Å². The molecule has 108 valence electrons. The molecule has 0 aliphatic rings. The number of hydrogen-bond acceptors (Lipinski definition) is 4. The molecule has 0 saturated carbocycles. The van der Waals surface area contributed by atoms with E-state index in [1.807, 2.05) is 6.07 Å². The molecule has 0 radical (unpaired) electrons. The third-order valence-corrected chi connectivity index (χ3v) is 3.15. The van der Waals surface area contributed by atoms with Crippen LogP contribution in [0.15, 0.2) is 23.1 Å². The zero-order valence-corrected chi connectivity index (χ0v) is 11.3. The van der Waals surface area contributed by atoms with Crippen molar-refractivity contribution in [3.05, 3.63) is 23.8 Å². The largest absolute Gasteiger partial charge is 0.480 e. The minimum absolute atomic E-state index is 0.0286. The van der Waals surface area contributed by atoms with Crippen molar-refractivity contribution in [2.45, 2.75) is 11.1 Å². The highest BCUT2D eigenvalue weighted by atomic mass is 32.2. The molecule has 8 heteroatoms. The summed E-state index contributed by atoms with van der Waals surface area (Å²) in [5, 5.41) is 17.8. The van der Waals surface area contributed by atoms with Crippen molar-refractivity contribution in [2.24, 2.45) is 0 Å². The zero-order chi connectivity index (χ0) is 15.3. The summed E-state index contributed by atoms with van der Waals surface area (Å²) in [6.07, 6.45) is -2.87. The molecule has 0 spiro atoms. The molecular weight excluding hydrogens is 293 g/mol. The number of carbonyl (C=O) groups is 1. The molecule has 0 bridgehead atoms. The van der Waals surface area contributed by atoms with E-state index < -0.39 is 25.2 Å². The van der Waals surface area contributed by atoms with E-state index in [0.717, 1.165) is 0 Å². The Balaban J connectivity index is 3.26.